The van der Waals surface area contributed by atoms with Gasteiger partial charge in [-0.3, -0.25) is 9.59 Å². The molecule has 0 saturated carbocycles. The van der Waals surface area contributed by atoms with E-state index in [1.807, 2.05) is 0 Å². The summed E-state index contributed by atoms with van der Waals surface area (Å²) in [5.74, 6) is -1.25. The van der Waals surface area contributed by atoms with Gasteiger partial charge < -0.3 is 29.4 Å². The zero-order valence-electron chi connectivity index (χ0n) is 14.0. The number of carbonyl (C=O) groups excluding carboxylic acids is 1. The van der Waals surface area contributed by atoms with Gasteiger partial charge in [-0.05, 0) is 6.42 Å². The second-order valence-corrected chi connectivity index (χ2v) is 4.74. The van der Waals surface area contributed by atoms with E-state index in [2.05, 4.69) is 5.32 Å². The fourth-order valence-corrected chi connectivity index (χ4v) is 1.53. The van der Waals surface area contributed by atoms with Gasteiger partial charge in [0, 0.05) is 19.6 Å². The molecule has 0 saturated heterocycles. The van der Waals surface area contributed by atoms with Crippen LogP contribution >= 0.6 is 0 Å². The third-order valence-corrected chi connectivity index (χ3v) is 2.69. The number of hydrogen-bond acceptors (Lipinski definition) is 6. The van der Waals surface area contributed by atoms with Crippen LogP contribution in [0.2, 0.25) is 0 Å². The lowest BCUT2D eigenvalue weighted by Crippen LogP contribution is -2.25. The van der Waals surface area contributed by atoms with Crippen molar-refractivity contribution >= 4 is 11.9 Å². The molecule has 0 fully saturated rings. The Kier molecular flexibility index (Phi) is 17.1. The van der Waals surface area contributed by atoms with Crippen LogP contribution in [0.25, 0.3) is 0 Å². The van der Waals surface area contributed by atoms with Crippen LogP contribution in [0, 0.1) is 0 Å². The highest BCUT2D eigenvalue weighted by molar-refractivity contribution is 5.80. The Morgan fingerprint density at radius 2 is 1.29 bits per heavy atom. The van der Waals surface area contributed by atoms with Gasteiger partial charge in [-0.1, -0.05) is 0 Å². The molecule has 0 heterocycles. The minimum Gasteiger partial charge on any atom is -0.481 e. The number of nitrogens with one attached hydrogen (secondary N) is 1. The molecule has 9 heteroatoms. The number of carbonyl (C=O) groups is 2. The first-order valence-electron chi connectivity index (χ1n) is 8.02. The Morgan fingerprint density at radius 3 is 1.79 bits per heavy atom. The van der Waals surface area contributed by atoms with Crippen molar-refractivity contribution in [2.24, 2.45) is 0 Å². The number of rotatable bonds is 18. The number of carboxylic acid groups (broad SMARTS) is 1. The van der Waals surface area contributed by atoms with E-state index < -0.39 is 12.6 Å². The number of ether oxygens (including phenoxy) is 4. The van der Waals surface area contributed by atoms with Crippen molar-refractivity contribution in [2.75, 3.05) is 66.1 Å². The van der Waals surface area contributed by atoms with Gasteiger partial charge in [0.2, 0.25) is 5.91 Å². The second kappa shape index (κ2) is 18.1. The predicted molar refractivity (Wildman–Crippen MR) is 83.7 cm³/mol. The topological polar surface area (TPSA) is 103 Å². The average molecular weight is 353 g/mol. The molecule has 0 bridgehead atoms. The largest absolute Gasteiger partial charge is 0.481 e. The van der Waals surface area contributed by atoms with Gasteiger partial charge in [0.1, 0.15) is 6.67 Å². The maximum atomic E-state index is 11.7. The Balaban J connectivity index is 3.10. The van der Waals surface area contributed by atoms with Crippen molar-refractivity contribution < 1.29 is 38.0 Å². The quantitative estimate of drug-likeness (QED) is 0.344. The maximum Gasteiger partial charge on any atom is 0.303 e. The van der Waals surface area contributed by atoms with Crippen molar-refractivity contribution in [3.05, 3.63) is 0 Å². The third kappa shape index (κ3) is 18.8. The summed E-state index contributed by atoms with van der Waals surface area (Å²) in [6.45, 7) is 3.15. The van der Waals surface area contributed by atoms with Crippen LogP contribution < -0.4 is 5.32 Å². The lowest BCUT2D eigenvalue weighted by Gasteiger charge is -2.07. The summed E-state index contributed by atoms with van der Waals surface area (Å²) in [4.78, 5) is 21.5. The summed E-state index contributed by atoms with van der Waals surface area (Å²) in [5, 5.41) is 11.0. The lowest BCUT2D eigenvalue weighted by molar-refractivity contribution is -0.138. The first-order chi connectivity index (χ1) is 11.7. The Labute approximate surface area is 141 Å². The molecule has 0 spiro atoms. The minimum absolute atomic E-state index is 0.00588. The van der Waals surface area contributed by atoms with Gasteiger partial charge in [-0.25, -0.2) is 4.39 Å². The summed E-state index contributed by atoms with van der Waals surface area (Å²) in [6, 6.07) is 0. The molecule has 0 aromatic carbocycles. The molecule has 0 radical (unpaired) electrons. The van der Waals surface area contributed by atoms with Crippen molar-refractivity contribution in [3.8, 4) is 0 Å². The normalized spacial score (nSPS) is 10.7. The molecule has 0 atom stereocenters. The van der Waals surface area contributed by atoms with Crippen molar-refractivity contribution in [3.63, 3.8) is 0 Å². The zero-order chi connectivity index (χ0) is 17.9. The van der Waals surface area contributed by atoms with E-state index in [0.717, 1.165) is 0 Å². The van der Waals surface area contributed by atoms with Crippen molar-refractivity contribution in [2.45, 2.75) is 19.3 Å². The van der Waals surface area contributed by atoms with Crippen LogP contribution in [0.5, 0.6) is 0 Å². The molecular formula is C15H28FNO7. The van der Waals surface area contributed by atoms with Crippen LogP contribution in [0.3, 0.4) is 0 Å². The van der Waals surface area contributed by atoms with E-state index >= 15 is 0 Å². The van der Waals surface area contributed by atoms with Crippen molar-refractivity contribution in [1.82, 2.24) is 5.32 Å². The summed E-state index contributed by atoms with van der Waals surface area (Å²) in [5.41, 5.74) is 0. The van der Waals surface area contributed by atoms with E-state index in [1.165, 1.54) is 0 Å². The number of halogens is 1. The molecule has 0 aromatic rings. The average Bonchev–Trinajstić information content (AvgIpc) is 2.56. The highest BCUT2D eigenvalue weighted by Crippen LogP contribution is 1.89. The highest BCUT2D eigenvalue weighted by Gasteiger charge is 2.03. The summed E-state index contributed by atoms with van der Waals surface area (Å²) in [6.07, 6.45) is 0.489. The van der Waals surface area contributed by atoms with Crippen LogP contribution in [0.1, 0.15) is 19.3 Å². The SMILES string of the molecule is O=C(O)CCC(=O)NCCCOCCOCCOCCOCCF. The van der Waals surface area contributed by atoms with E-state index in [-0.39, 0.29) is 25.4 Å². The lowest BCUT2D eigenvalue weighted by atomic mass is 10.3. The standard InChI is InChI=1S/C15H28FNO7/c16-4-7-22-9-11-24-13-12-23-10-8-21-6-1-5-17-14(18)2-3-15(19)20/h1-13H2,(H,17,18)(H,19,20). The van der Waals surface area contributed by atoms with Gasteiger partial charge in [-0.2, -0.15) is 0 Å². The monoisotopic (exact) mass is 353 g/mol. The molecule has 0 aliphatic rings. The van der Waals surface area contributed by atoms with Crippen LogP contribution in [0.4, 0.5) is 4.39 Å². The second-order valence-electron chi connectivity index (χ2n) is 4.74. The van der Waals surface area contributed by atoms with E-state index in [0.29, 0.717) is 59.2 Å². The van der Waals surface area contributed by atoms with Crippen LogP contribution in [-0.4, -0.2) is 83.1 Å². The summed E-state index contributed by atoms with van der Waals surface area (Å²) in [7, 11) is 0. The number of alkyl halides is 1. The molecule has 8 nitrogen and oxygen atoms in total. The Hall–Kier alpha value is -1.29. The Bertz CT molecular complexity index is 318. The predicted octanol–water partition coefficient (Wildman–Crippen LogP) is 0.393. The van der Waals surface area contributed by atoms with Crippen LogP contribution in [-0.2, 0) is 28.5 Å². The molecule has 0 aliphatic carbocycles. The van der Waals surface area contributed by atoms with Gasteiger partial charge >= 0.3 is 5.97 Å². The van der Waals surface area contributed by atoms with Gasteiger partial charge in [-0.15, -0.1) is 0 Å². The molecule has 1 amide bonds. The molecule has 2 N–H and O–H groups in total. The maximum absolute atomic E-state index is 11.7. The molecule has 142 valence electrons. The first kappa shape index (κ1) is 22.7. The first-order valence-corrected chi connectivity index (χ1v) is 8.02. The highest BCUT2D eigenvalue weighted by atomic mass is 19.1. The minimum atomic E-state index is -0.982. The molecule has 0 rings (SSSR count). The fraction of sp³-hybridized carbons (Fsp3) is 0.867. The van der Waals surface area contributed by atoms with Gasteiger partial charge in [0.15, 0.2) is 0 Å². The molecule has 0 aliphatic heterocycles. The van der Waals surface area contributed by atoms with E-state index in [9.17, 15) is 14.0 Å². The number of carboxylic acids is 1. The number of aliphatic carboxylic acids is 1. The zero-order valence-corrected chi connectivity index (χ0v) is 14.0. The van der Waals surface area contributed by atoms with E-state index in [4.69, 9.17) is 24.1 Å². The number of hydrogen-bond donors (Lipinski definition) is 2. The summed E-state index contributed by atoms with van der Waals surface area (Å²) < 4.78 is 32.4. The summed E-state index contributed by atoms with van der Waals surface area (Å²) >= 11 is 0. The third-order valence-electron chi connectivity index (χ3n) is 2.69. The molecule has 0 aromatic heterocycles. The van der Waals surface area contributed by atoms with Crippen molar-refractivity contribution in [1.29, 1.82) is 0 Å². The van der Waals surface area contributed by atoms with E-state index in [1.54, 1.807) is 0 Å². The number of amides is 1. The van der Waals surface area contributed by atoms with Crippen LogP contribution in [0.15, 0.2) is 0 Å². The fourth-order valence-electron chi connectivity index (χ4n) is 1.53. The molecule has 24 heavy (non-hydrogen) atoms. The molecular weight excluding hydrogens is 325 g/mol. The van der Waals surface area contributed by atoms with Gasteiger partial charge in [0.25, 0.3) is 0 Å². The smallest absolute Gasteiger partial charge is 0.303 e. The molecule has 0 unspecified atom stereocenters. The Morgan fingerprint density at radius 1 is 0.792 bits per heavy atom. The van der Waals surface area contributed by atoms with Gasteiger partial charge in [0.05, 0.1) is 52.7 Å².